The van der Waals surface area contributed by atoms with Crippen LogP contribution in [-0.4, -0.2) is 41.5 Å². The molecule has 1 N–H and O–H groups in total. The van der Waals surface area contributed by atoms with Crippen molar-refractivity contribution in [3.8, 4) is 0 Å². The number of hydrogen-bond acceptors (Lipinski definition) is 4. The van der Waals surface area contributed by atoms with E-state index in [4.69, 9.17) is 0 Å². The van der Waals surface area contributed by atoms with Crippen LogP contribution in [0.1, 0.15) is 12.0 Å². The third-order valence-electron chi connectivity index (χ3n) is 4.03. The molecular weight excluding hydrogens is 319 g/mol. The topological polar surface area (TPSA) is 70.5 Å². The molecule has 1 aliphatic heterocycles. The van der Waals surface area contributed by atoms with Crippen LogP contribution in [0, 0.1) is 5.82 Å². The molecular formula is C16H17FN2O3S. The number of pyridine rings is 1. The van der Waals surface area contributed by atoms with Gasteiger partial charge < -0.3 is 5.11 Å². The van der Waals surface area contributed by atoms with Gasteiger partial charge >= 0.3 is 0 Å². The molecule has 122 valence electrons. The molecule has 2 aromatic rings. The van der Waals surface area contributed by atoms with E-state index in [9.17, 15) is 17.9 Å². The first kappa shape index (κ1) is 16.0. The van der Waals surface area contributed by atoms with Crippen LogP contribution >= 0.6 is 0 Å². The lowest BCUT2D eigenvalue weighted by Gasteiger charge is -2.25. The van der Waals surface area contributed by atoms with E-state index in [2.05, 4.69) is 4.98 Å². The molecule has 0 unspecified atom stereocenters. The third-order valence-corrected chi connectivity index (χ3v) is 5.95. The molecule has 7 heteroatoms. The van der Waals surface area contributed by atoms with Gasteiger partial charge in [-0.05, 0) is 42.7 Å². The Hall–Kier alpha value is -1.83. The van der Waals surface area contributed by atoms with E-state index in [1.165, 1.54) is 22.5 Å². The van der Waals surface area contributed by atoms with Crippen molar-refractivity contribution in [3.63, 3.8) is 0 Å². The zero-order chi connectivity index (χ0) is 16.4. The molecule has 0 aliphatic carbocycles. The summed E-state index contributed by atoms with van der Waals surface area (Å²) in [6, 6.07) is 7.96. The molecule has 2 heterocycles. The number of benzene rings is 1. The predicted octanol–water partition coefficient (Wildman–Crippen LogP) is 1.59. The molecule has 5 nitrogen and oxygen atoms in total. The number of aromatic nitrogens is 1. The molecule has 0 radical (unpaired) electrons. The summed E-state index contributed by atoms with van der Waals surface area (Å²) in [7, 11) is -3.85. The van der Waals surface area contributed by atoms with Gasteiger partial charge in [-0.1, -0.05) is 12.1 Å². The van der Waals surface area contributed by atoms with Gasteiger partial charge in [0.15, 0.2) is 0 Å². The fraction of sp³-hybridized carbons (Fsp3) is 0.312. The summed E-state index contributed by atoms with van der Waals surface area (Å²) in [6.45, 7) is 0.213. The van der Waals surface area contributed by atoms with Crippen molar-refractivity contribution in [1.82, 2.24) is 9.29 Å². The van der Waals surface area contributed by atoms with E-state index >= 15 is 0 Å². The second-order valence-corrected chi connectivity index (χ2v) is 7.45. The van der Waals surface area contributed by atoms with Gasteiger partial charge in [0.1, 0.15) is 5.82 Å². The average Bonchev–Trinajstić information content (AvgIpc) is 2.90. The minimum Gasteiger partial charge on any atom is -0.391 e. The van der Waals surface area contributed by atoms with Crippen LogP contribution < -0.4 is 0 Å². The lowest BCUT2D eigenvalue weighted by molar-refractivity contribution is 0.142. The molecule has 1 fully saturated rings. The highest BCUT2D eigenvalue weighted by Crippen LogP contribution is 2.28. The number of halogens is 1. The van der Waals surface area contributed by atoms with Gasteiger partial charge in [0, 0.05) is 18.9 Å². The first-order valence-corrected chi connectivity index (χ1v) is 8.77. The summed E-state index contributed by atoms with van der Waals surface area (Å²) < 4.78 is 40.2. The smallest absolute Gasteiger partial charge is 0.243 e. The number of nitrogens with zero attached hydrogens (tertiary/aromatic N) is 2. The summed E-state index contributed by atoms with van der Waals surface area (Å²) in [6.07, 6.45) is 3.26. The summed E-state index contributed by atoms with van der Waals surface area (Å²) in [4.78, 5) is 3.91. The number of hydrogen-bond donors (Lipinski definition) is 1. The molecule has 1 saturated heterocycles. The van der Waals surface area contributed by atoms with Gasteiger partial charge in [-0.2, -0.15) is 4.31 Å². The average molecular weight is 336 g/mol. The van der Waals surface area contributed by atoms with Gasteiger partial charge in [-0.15, -0.1) is 0 Å². The summed E-state index contributed by atoms with van der Waals surface area (Å²) in [5.74, 6) is -0.602. The maximum atomic E-state index is 13.4. The Morgan fingerprint density at radius 2 is 2.13 bits per heavy atom. The Morgan fingerprint density at radius 3 is 2.83 bits per heavy atom. The van der Waals surface area contributed by atoms with Crippen LogP contribution in [-0.2, 0) is 16.4 Å². The van der Waals surface area contributed by atoms with E-state index in [1.807, 2.05) is 6.07 Å². The van der Waals surface area contributed by atoms with Gasteiger partial charge in [0.05, 0.1) is 17.0 Å². The maximum Gasteiger partial charge on any atom is 0.243 e. The Labute approximate surface area is 134 Å². The van der Waals surface area contributed by atoms with Crippen molar-refractivity contribution in [2.75, 3.05) is 6.54 Å². The summed E-state index contributed by atoms with van der Waals surface area (Å²) in [5, 5.41) is 10.2. The molecule has 1 aromatic carbocycles. The van der Waals surface area contributed by atoms with Crippen LogP contribution in [0.4, 0.5) is 4.39 Å². The zero-order valence-corrected chi connectivity index (χ0v) is 13.2. The van der Waals surface area contributed by atoms with Crippen molar-refractivity contribution < 1.29 is 17.9 Å². The van der Waals surface area contributed by atoms with Crippen LogP contribution in [0.15, 0.2) is 53.7 Å². The van der Waals surface area contributed by atoms with Crippen LogP contribution in [0.5, 0.6) is 0 Å². The lowest BCUT2D eigenvalue weighted by Crippen LogP contribution is -2.41. The second kappa shape index (κ2) is 6.35. The highest BCUT2D eigenvalue weighted by atomic mass is 32.2. The Morgan fingerprint density at radius 1 is 1.30 bits per heavy atom. The van der Waals surface area contributed by atoms with E-state index in [1.54, 1.807) is 18.5 Å². The van der Waals surface area contributed by atoms with Crippen molar-refractivity contribution in [1.29, 1.82) is 0 Å². The van der Waals surface area contributed by atoms with Crippen LogP contribution in [0.25, 0.3) is 0 Å². The Kier molecular flexibility index (Phi) is 4.43. The van der Waals surface area contributed by atoms with Crippen molar-refractivity contribution in [2.24, 2.45) is 0 Å². The quantitative estimate of drug-likeness (QED) is 0.920. The fourth-order valence-corrected chi connectivity index (χ4v) is 4.57. The van der Waals surface area contributed by atoms with Crippen LogP contribution in [0.2, 0.25) is 0 Å². The molecule has 3 rings (SSSR count). The molecule has 0 spiro atoms. The standard InChI is InChI=1S/C16H17FN2O3S/c17-13-4-1-5-14(10-13)23(21,22)19-8-6-16(20)15(19)9-12-3-2-7-18-11-12/h1-5,7,10-11,15-16,20H,6,8-9H2/t15-,16-/m1/s1. The molecule has 0 amide bonds. The van der Waals surface area contributed by atoms with E-state index in [0.717, 1.165) is 11.6 Å². The molecule has 23 heavy (non-hydrogen) atoms. The number of sulfonamides is 1. The fourth-order valence-electron chi connectivity index (χ4n) is 2.87. The Bertz CT molecular complexity index is 783. The van der Waals surface area contributed by atoms with Crippen molar-refractivity contribution >= 4 is 10.0 Å². The Balaban J connectivity index is 1.91. The normalized spacial score (nSPS) is 22.3. The summed E-state index contributed by atoms with van der Waals surface area (Å²) >= 11 is 0. The second-order valence-electron chi connectivity index (χ2n) is 5.56. The number of aliphatic hydroxyl groups is 1. The predicted molar refractivity (Wildman–Crippen MR) is 82.6 cm³/mol. The van der Waals surface area contributed by atoms with Gasteiger partial charge in [-0.25, -0.2) is 12.8 Å². The number of aliphatic hydroxyl groups excluding tert-OH is 1. The molecule has 2 atom stereocenters. The van der Waals surface area contributed by atoms with Crippen molar-refractivity contribution in [2.45, 2.75) is 29.9 Å². The van der Waals surface area contributed by atoms with Crippen molar-refractivity contribution in [3.05, 3.63) is 60.2 Å². The molecule has 1 aromatic heterocycles. The minimum absolute atomic E-state index is 0.0946. The van der Waals surface area contributed by atoms with E-state index < -0.39 is 28.0 Å². The highest BCUT2D eigenvalue weighted by Gasteiger charge is 2.40. The monoisotopic (exact) mass is 336 g/mol. The SMILES string of the molecule is O=S(=O)(c1cccc(F)c1)N1CC[C@@H](O)[C@H]1Cc1cccnc1. The largest absolute Gasteiger partial charge is 0.391 e. The van der Waals surface area contributed by atoms with E-state index in [-0.39, 0.29) is 11.4 Å². The highest BCUT2D eigenvalue weighted by molar-refractivity contribution is 7.89. The van der Waals surface area contributed by atoms with Crippen LogP contribution in [0.3, 0.4) is 0 Å². The minimum atomic E-state index is -3.85. The lowest BCUT2D eigenvalue weighted by atomic mass is 10.0. The number of rotatable bonds is 4. The zero-order valence-electron chi connectivity index (χ0n) is 12.3. The molecule has 0 bridgehead atoms. The van der Waals surface area contributed by atoms with Gasteiger partial charge in [0.25, 0.3) is 0 Å². The summed E-state index contributed by atoms with van der Waals surface area (Å²) in [5.41, 5.74) is 0.845. The molecule has 1 aliphatic rings. The van der Waals surface area contributed by atoms with Gasteiger partial charge in [0.2, 0.25) is 10.0 Å². The first-order valence-electron chi connectivity index (χ1n) is 7.33. The van der Waals surface area contributed by atoms with Gasteiger partial charge in [-0.3, -0.25) is 4.98 Å². The molecule has 0 saturated carbocycles. The maximum absolute atomic E-state index is 13.4. The van der Waals surface area contributed by atoms with E-state index in [0.29, 0.717) is 12.8 Å². The first-order chi connectivity index (χ1) is 11.0. The third kappa shape index (κ3) is 3.26.